The van der Waals surface area contributed by atoms with Gasteiger partial charge in [-0.15, -0.1) is 0 Å². The Labute approximate surface area is 151 Å². The summed E-state index contributed by atoms with van der Waals surface area (Å²) < 4.78 is 0. The molecule has 3 heterocycles. The van der Waals surface area contributed by atoms with Crippen LogP contribution >= 0.6 is 0 Å². The number of carbonyl (C=O) groups is 2. The van der Waals surface area contributed by atoms with E-state index in [1.165, 1.54) is 4.90 Å². The standard InChI is InChI=1S/C20H16N4O2/c1-20-9-8-14(23(2)17(20)12(10-21)11-22)15-16(20)19(26)24(18(15)25)13-6-4-3-5-7-13/h3-9,14-16H,1-2H3/t14-,15+,16-,20+/m0/s1. The lowest BCUT2D eigenvalue weighted by Crippen LogP contribution is -2.58. The molecule has 0 aromatic heterocycles. The van der Waals surface area contributed by atoms with E-state index in [0.717, 1.165) is 0 Å². The summed E-state index contributed by atoms with van der Waals surface area (Å²) in [7, 11) is 1.77. The second-order valence-corrected chi connectivity index (χ2v) is 7.04. The normalized spacial score (nSPS) is 31.7. The first-order valence-electron chi connectivity index (χ1n) is 8.35. The Balaban J connectivity index is 1.90. The van der Waals surface area contributed by atoms with Crippen molar-refractivity contribution in [2.24, 2.45) is 17.3 Å². The zero-order valence-corrected chi connectivity index (χ0v) is 14.4. The number of benzene rings is 1. The minimum atomic E-state index is -0.870. The molecule has 1 aromatic carbocycles. The van der Waals surface area contributed by atoms with E-state index in [1.807, 2.05) is 42.2 Å². The summed E-state index contributed by atoms with van der Waals surface area (Å²) in [6, 6.07) is 12.4. The zero-order chi connectivity index (χ0) is 18.6. The highest BCUT2D eigenvalue weighted by Crippen LogP contribution is 2.57. The molecule has 128 valence electrons. The van der Waals surface area contributed by atoms with E-state index in [-0.39, 0.29) is 23.4 Å². The van der Waals surface area contributed by atoms with E-state index < -0.39 is 17.3 Å². The van der Waals surface area contributed by atoms with Gasteiger partial charge in [0.2, 0.25) is 11.8 Å². The van der Waals surface area contributed by atoms with Gasteiger partial charge in [-0.2, -0.15) is 10.5 Å². The first-order chi connectivity index (χ1) is 12.5. The number of amides is 2. The van der Waals surface area contributed by atoms with Crippen molar-refractivity contribution in [2.75, 3.05) is 11.9 Å². The minimum Gasteiger partial charge on any atom is -0.368 e. The molecule has 6 nitrogen and oxygen atoms in total. The highest BCUT2D eigenvalue weighted by Gasteiger charge is 2.65. The molecule has 2 saturated heterocycles. The number of fused-ring (bicyclic) bond motifs is 1. The lowest BCUT2D eigenvalue weighted by atomic mass is 9.59. The maximum Gasteiger partial charge on any atom is 0.240 e. The maximum atomic E-state index is 13.3. The van der Waals surface area contributed by atoms with Crippen LogP contribution in [-0.4, -0.2) is 29.8 Å². The van der Waals surface area contributed by atoms with Gasteiger partial charge in [0.1, 0.15) is 17.7 Å². The molecular formula is C20H16N4O2. The molecule has 0 saturated carbocycles. The van der Waals surface area contributed by atoms with Crippen LogP contribution in [0.4, 0.5) is 5.69 Å². The van der Waals surface area contributed by atoms with Crippen molar-refractivity contribution < 1.29 is 9.59 Å². The molecule has 1 aliphatic carbocycles. The number of hydrogen-bond donors (Lipinski definition) is 0. The van der Waals surface area contributed by atoms with E-state index in [4.69, 9.17) is 0 Å². The summed E-state index contributed by atoms with van der Waals surface area (Å²) >= 11 is 0. The van der Waals surface area contributed by atoms with Crippen LogP contribution in [0.25, 0.3) is 0 Å². The van der Waals surface area contributed by atoms with Crippen molar-refractivity contribution >= 4 is 17.5 Å². The largest absolute Gasteiger partial charge is 0.368 e. The lowest BCUT2D eigenvalue weighted by molar-refractivity contribution is -0.127. The number of hydrogen-bond acceptors (Lipinski definition) is 5. The predicted molar refractivity (Wildman–Crippen MR) is 93.0 cm³/mol. The molecule has 0 radical (unpaired) electrons. The Morgan fingerprint density at radius 2 is 1.77 bits per heavy atom. The number of para-hydroxylation sites is 1. The first kappa shape index (κ1) is 16.1. The van der Waals surface area contributed by atoms with Gasteiger partial charge in [-0.1, -0.05) is 30.4 Å². The van der Waals surface area contributed by atoms with Crippen LogP contribution in [0.3, 0.4) is 0 Å². The summed E-state index contributed by atoms with van der Waals surface area (Å²) in [5, 5.41) is 18.8. The number of imide groups is 1. The molecule has 4 aliphatic rings. The fourth-order valence-electron chi connectivity index (χ4n) is 4.72. The smallest absolute Gasteiger partial charge is 0.240 e. The van der Waals surface area contributed by atoms with Crippen molar-refractivity contribution in [1.29, 1.82) is 10.5 Å². The number of nitriles is 2. The molecular weight excluding hydrogens is 328 g/mol. The van der Waals surface area contributed by atoms with Crippen molar-refractivity contribution in [2.45, 2.75) is 13.0 Å². The van der Waals surface area contributed by atoms with Crippen molar-refractivity contribution in [3.05, 3.63) is 53.8 Å². The fourth-order valence-corrected chi connectivity index (χ4v) is 4.72. The molecule has 2 amide bonds. The second-order valence-electron chi connectivity index (χ2n) is 7.04. The number of likely N-dealkylation sites (N-methyl/N-ethyl adjacent to an activating group) is 1. The van der Waals surface area contributed by atoms with Crippen molar-refractivity contribution in [3.8, 4) is 12.1 Å². The number of allylic oxidation sites excluding steroid dienone is 2. The molecule has 1 aromatic rings. The van der Waals surface area contributed by atoms with Crippen LogP contribution in [0.15, 0.2) is 53.8 Å². The molecule has 2 fully saturated rings. The second kappa shape index (κ2) is 5.31. The van der Waals surface area contributed by atoms with Crippen molar-refractivity contribution in [3.63, 3.8) is 0 Å². The fraction of sp³-hybridized carbons (Fsp3) is 0.300. The maximum absolute atomic E-state index is 13.3. The van der Waals surface area contributed by atoms with E-state index >= 15 is 0 Å². The zero-order valence-electron chi connectivity index (χ0n) is 14.4. The van der Waals surface area contributed by atoms with Crippen molar-refractivity contribution in [1.82, 2.24) is 4.90 Å². The summed E-state index contributed by atoms with van der Waals surface area (Å²) in [5.41, 5.74) is 0.188. The minimum absolute atomic E-state index is 0.0128. The summed E-state index contributed by atoms with van der Waals surface area (Å²) in [6.07, 6.45) is 3.79. The molecule has 0 N–H and O–H groups in total. The van der Waals surface area contributed by atoms with Crippen LogP contribution in [0.1, 0.15) is 6.92 Å². The monoisotopic (exact) mass is 344 g/mol. The summed E-state index contributed by atoms with van der Waals surface area (Å²) in [6.45, 7) is 1.83. The van der Waals surface area contributed by atoms with Gasteiger partial charge in [0.15, 0.2) is 0 Å². The van der Waals surface area contributed by atoms with Gasteiger partial charge in [0, 0.05) is 12.5 Å². The molecule has 0 unspecified atom stereocenters. The molecule has 2 bridgehead atoms. The Kier molecular flexibility index (Phi) is 3.29. The molecule has 4 atom stereocenters. The Hall–Kier alpha value is -3.38. The third-order valence-corrected chi connectivity index (χ3v) is 5.79. The SMILES string of the molecule is CN1C(=C(C#N)C#N)[C@]2(C)C=C[C@H]1[C@H]1C(=O)N(c3ccccc3)C(=O)[C@H]12. The van der Waals surface area contributed by atoms with Gasteiger partial charge in [-0.3, -0.25) is 9.59 Å². The topological polar surface area (TPSA) is 88.2 Å². The van der Waals surface area contributed by atoms with E-state index in [0.29, 0.717) is 11.4 Å². The van der Waals surface area contributed by atoms with Gasteiger partial charge >= 0.3 is 0 Å². The van der Waals surface area contributed by atoms with E-state index in [2.05, 4.69) is 0 Å². The predicted octanol–water partition coefficient (Wildman–Crippen LogP) is 1.98. The molecule has 5 rings (SSSR count). The van der Waals surface area contributed by atoms with E-state index in [1.54, 1.807) is 31.3 Å². The molecule has 0 spiro atoms. The highest BCUT2D eigenvalue weighted by atomic mass is 16.2. The van der Waals surface area contributed by atoms with Crippen LogP contribution in [0, 0.1) is 39.9 Å². The first-order valence-corrected chi connectivity index (χ1v) is 8.35. The van der Waals surface area contributed by atoms with Gasteiger partial charge in [-0.05, 0) is 19.1 Å². The number of carbonyl (C=O) groups excluding carboxylic acids is 2. The summed E-state index contributed by atoms with van der Waals surface area (Å²) in [4.78, 5) is 29.5. The number of nitrogens with zero attached hydrogens (tertiary/aromatic N) is 4. The van der Waals surface area contributed by atoms with Crippen LogP contribution in [0.5, 0.6) is 0 Å². The number of anilines is 1. The Morgan fingerprint density at radius 3 is 2.38 bits per heavy atom. The average molecular weight is 344 g/mol. The highest BCUT2D eigenvalue weighted by molar-refractivity contribution is 6.23. The van der Waals surface area contributed by atoms with Crippen LogP contribution in [-0.2, 0) is 9.59 Å². The summed E-state index contributed by atoms with van der Waals surface area (Å²) in [5.74, 6) is -1.64. The lowest BCUT2D eigenvalue weighted by Gasteiger charge is -2.53. The number of piperidine rings is 1. The quantitative estimate of drug-likeness (QED) is 0.442. The van der Waals surface area contributed by atoms with Crippen LogP contribution < -0.4 is 4.90 Å². The van der Waals surface area contributed by atoms with Gasteiger partial charge in [0.25, 0.3) is 0 Å². The van der Waals surface area contributed by atoms with Crippen LogP contribution in [0.2, 0.25) is 0 Å². The average Bonchev–Trinajstić information content (AvgIpc) is 2.92. The third-order valence-electron chi connectivity index (χ3n) is 5.79. The Morgan fingerprint density at radius 1 is 1.12 bits per heavy atom. The van der Waals surface area contributed by atoms with Gasteiger partial charge < -0.3 is 4.90 Å². The molecule has 26 heavy (non-hydrogen) atoms. The number of rotatable bonds is 1. The van der Waals surface area contributed by atoms with Gasteiger partial charge in [-0.25, -0.2) is 4.90 Å². The van der Waals surface area contributed by atoms with E-state index in [9.17, 15) is 20.1 Å². The third kappa shape index (κ3) is 1.79. The molecule has 3 aliphatic heterocycles. The molecule has 6 heteroatoms. The van der Waals surface area contributed by atoms with Gasteiger partial charge in [0.05, 0.1) is 29.3 Å². The Bertz CT molecular complexity index is 950.